The van der Waals surface area contributed by atoms with Crippen LogP contribution in [0.25, 0.3) is 0 Å². The number of aromatic nitrogens is 1. The molecule has 1 N–H and O–H groups in total. The van der Waals surface area contributed by atoms with Crippen LogP contribution < -0.4 is 5.56 Å². The van der Waals surface area contributed by atoms with Gasteiger partial charge in [0.15, 0.2) is 0 Å². The summed E-state index contributed by atoms with van der Waals surface area (Å²) in [6.45, 7) is 2.90. The number of pyridine rings is 1. The number of fused-ring (bicyclic) bond motifs is 6. The lowest BCUT2D eigenvalue weighted by Crippen LogP contribution is -2.56. The molecule has 2 saturated heterocycles. The SMILES string of the molecule is O=c1cccc2n1CC1CC2CN2CC[C@H](O)C[C@H]12. The molecule has 0 radical (unpaired) electrons. The summed E-state index contributed by atoms with van der Waals surface area (Å²) >= 11 is 0. The molecule has 0 amide bonds. The molecule has 4 rings (SSSR count). The number of hydrogen-bond acceptors (Lipinski definition) is 3. The van der Waals surface area contributed by atoms with Crippen LogP contribution in [0.3, 0.4) is 0 Å². The van der Waals surface area contributed by atoms with E-state index in [0.717, 1.165) is 32.5 Å². The van der Waals surface area contributed by atoms with Crippen molar-refractivity contribution in [1.29, 1.82) is 0 Å². The molecular weight excluding hydrogens is 240 g/mol. The lowest BCUT2D eigenvalue weighted by Gasteiger charge is -2.51. The summed E-state index contributed by atoms with van der Waals surface area (Å²) < 4.78 is 1.97. The third-order valence-electron chi connectivity index (χ3n) is 5.24. The molecule has 1 aromatic heterocycles. The summed E-state index contributed by atoms with van der Waals surface area (Å²) in [7, 11) is 0. The first-order valence-corrected chi connectivity index (χ1v) is 7.34. The Kier molecular flexibility index (Phi) is 2.57. The van der Waals surface area contributed by atoms with E-state index in [2.05, 4.69) is 11.0 Å². The van der Waals surface area contributed by atoms with Crippen LogP contribution in [0.1, 0.15) is 30.9 Å². The maximum Gasteiger partial charge on any atom is 0.250 e. The molecule has 4 nitrogen and oxygen atoms in total. The third kappa shape index (κ3) is 1.77. The molecule has 3 aliphatic heterocycles. The van der Waals surface area contributed by atoms with E-state index in [1.807, 2.05) is 10.6 Å². The Bertz CT molecular complexity index is 553. The van der Waals surface area contributed by atoms with Crippen LogP contribution >= 0.6 is 0 Å². The largest absolute Gasteiger partial charge is 0.393 e. The maximum atomic E-state index is 12.0. The highest BCUT2D eigenvalue weighted by Crippen LogP contribution is 2.41. The summed E-state index contributed by atoms with van der Waals surface area (Å²) in [4.78, 5) is 14.6. The van der Waals surface area contributed by atoms with Gasteiger partial charge in [-0.05, 0) is 31.2 Å². The van der Waals surface area contributed by atoms with Crippen molar-refractivity contribution >= 4 is 0 Å². The minimum atomic E-state index is -0.147. The molecule has 4 heterocycles. The Balaban J connectivity index is 1.73. The minimum absolute atomic E-state index is 0.136. The number of hydrogen-bond donors (Lipinski definition) is 1. The summed E-state index contributed by atoms with van der Waals surface area (Å²) in [5, 5.41) is 9.90. The van der Waals surface area contributed by atoms with Gasteiger partial charge in [0.25, 0.3) is 5.56 Å². The van der Waals surface area contributed by atoms with Crippen molar-refractivity contribution in [2.75, 3.05) is 13.1 Å². The molecule has 19 heavy (non-hydrogen) atoms. The van der Waals surface area contributed by atoms with Crippen LogP contribution in [0.2, 0.25) is 0 Å². The molecular formula is C15H20N2O2. The topological polar surface area (TPSA) is 45.5 Å². The second-order valence-electron chi connectivity index (χ2n) is 6.33. The first kappa shape index (κ1) is 11.7. The van der Waals surface area contributed by atoms with Gasteiger partial charge in [-0.25, -0.2) is 0 Å². The second-order valence-corrected chi connectivity index (χ2v) is 6.33. The predicted octanol–water partition coefficient (Wildman–Crippen LogP) is 0.791. The monoisotopic (exact) mass is 260 g/mol. The Morgan fingerprint density at radius 1 is 1.21 bits per heavy atom. The molecule has 4 atom stereocenters. The zero-order chi connectivity index (χ0) is 13.0. The fraction of sp³-hybridized carbons (Fsp3) is 0.667. The summed E-state index contributed by atoms with van der Waals surface area (Å²) in [6, 6.07) is 6.14. The van der Waals surface area contributed by atoms with Crippen LogP contribution in [-0.2, 0) is 6.54 Å². The highest BCUT2D eigenvalue weighted by Gasteiger charge is 2.43. The Labute approximate surface area is 112 Å². The van der Waals surface area contributed by atoms with Gasteiger partial charge in [-0.1, -0.05) is 6.07 Å². The molecule has 0 aliphatic carbocycles. The van der Waals surface area contributed by atoms with Crippen molar-refractivity contribution in [3.05, 3.63) is 34.2 Å². The normalized spacial score (nSPS) is 37.5. The molecule has 2 bridgehead atoms. The molecule has 1 aromatic rings. The third-order valence-corrected chi connectivity index (χ3v) is 5.24. The van der Waals surface area contributed by atoms with Gasteiger partial charge in [-0.15, -0.1) is 0 Å². The quantitative estimate of drug-likeness (QED) is 0.750. The van der Waals surface area contributed by atoms with Crippen LogP contribution in [0.5, 0.6) is 0 Å². The first-order chi connectivity index (χ1) is 9.22. The Morgan fingerprint density at radius 2 is 2.11 bits per heavy atom. The number of aliphatic hydroxyl groups excluding tert-OH is 1. The lowest BCUT2D eigenvalue weighted by atomic mass is 9.75. The van der Waals surface area contributed by atoms with Gasteiger partial charge in [-0.3, -0.25) is 9.69 Å². The molecule has 2 unspecified atom stereocenters. The van der Waals surface area contributed by atoms with E-state index in [0.29, 0.717) is 17.9 Å². The van der Waals surface area contributed by atoms with Crippen LogP contribution in [0, 0.1) is 5.92 Å². The van der Waals surface area contributed by atoms with E-state index in [-0.39, 0.29) is 11.7 Å². The molecule has 3 aliphatic rings. The molecule has 0 saturated carbocycles. The van der Waals surface area contributed by atoms with Crippen molar-refractivity contribution in [1.82, 2.24) is 9.47 Å². The van der Waals surface area contributed by atoms with Crippen molar-refractivity contribution in [2.24, 2.45) is 5.92 Å². The van der Waals surface area contributed by atoms with Crippen molar-refractivity contribution in [2.45, 2.75) is 43.9 Å². The van der Waals surface area contributed by atoms with E-state index in [1.54, 1.807) is 6.07 Å². The Morgan fingerprint density at radius 3 is 3.00 bits per heavy atom. The number of rotatable bonds is 0. The zero-order valence-electron chi connectivity index (χ0n) is 11.0. The standard InChI is InChI=1S/C15H20N2O2/c18-12-4-5-16-8-10-6-11(14(16)7-12)9-17-13(10)2-1-3-15(17)19/h1-3,10-12,14,18H,4-9H2/t10?,11?,12-,14+/m0/s1. The van der Waals surface area contributed by atoms with E-state index in [4.69, 9.17) is 0 Å². The fourth-order valence-electron chi connectivity index (χ4n) is 4.36. The number of piperidine rings is 2. The van der Waals surface area contributed by atoms with E-state index in [1.165, 1.54) is 12.1 Å². The average molecular weight is 260 g/mol. The van der Waals surface area contributed by atoms with Crippen molar-refractivity contribution in [3.8, 4) is 0 Å². The maximum absolute atomic E-state index is 12.0. The Hall–Kier alpha value is -1.13. The minimum Gasteiger partial charge on any atom is -0.393 e. The first-order valence-electron chi connectivity index (χ1n) is 7.34. The summed E-state index contributed by atoms with van der Waals surface area (Å²) in [5.41, 5.74) is 1.35. The smallest absolute Gasteiger partial charge is 0.250 e. The molecule has 0 aromatic carbocycles. The predicted molar refractivity (Wildman–Crippen MR) is 72.2 cm³/mol. The van der Waals surface area contributed by atoms with Crippen LogP contribution in [0.15, 0.2) is 23.0 Å². The second kappa shape index (κ2) is 4.18. The van der Waals surface area contributed by atoms with Crippen LogP contribution in [-0.4, -0.2) is 39.8 Å². The van der Waals surface area contributed by atoms with E-state index >= 15 is 0 Å². The lowest BCUT2D eigenvalue weighted by molar-refractivity contribution is -0.0247. The highest BCUT2D eigenvalue weighted by atomic mass is 16.3. The van der Waals surface area contributed by atoms with Gasteiger partial charge < -0.3 is 9.67 Å². The zero-order valence-corrected chi connectivity index (χ0v) is 11.0. The summed E-state index contributed by atoms with van der Waals surface area (Å²) in [5.74, 6) is 1.03. The van der Waals surface area contributed by atoms with Crippen molar-refractivity contribution in [3.63, 3.8) is 0 Å². The highest BCUT2D eigenvalue weighted by molar-refractivity contribution is 5.18. The molecule has 4 heteroatoms. The van der Waals surface area contributed by atoms with E-state index < -0.39 is 0 Å². The van der Waals surface area contributed by atoms with Gasteiger partial charge >= 0.3 is 0 Å². The van der Waals surface area contributed by atoms with Crippen LogP contribution in [0.4, 0.5) is 0 Å². The van der Waals surface area contributed by atoms with Gasteiger partial charge in [0.2, 0.25) is 0 Å². The number of nitrogens with zero attached hydrogens (tertiary/aromatic N) is 2. The van der Waals surface area contributed by atoms with Gasteiger partial charge in [0, 0.05) is 43.4 Å². The van der Waals surface area contributed by atoms with Gasteiger partial charge in [0.1, 0.15) is 0 Å². The average Bonchev–Trinajstić information content (AvgIpc) is 2.41. The summed E-state index contributed by atoms with van der Waals surface area (Å²) in [6.07, 6.45) is 2.81. The van der Waals surface area contributed by atoms with Crippen molar-refractivity contribution < 1.29 is 5.11 Å². The molecule has 102 valence electrons. The number of aliphatic hydroxyl groups is 1. The fourth-order valence-corrected chi connectivity index (χ4v) is 4.36. The van der Waals surface area contributed by atoms with E-state index in [9.17, 15) is 9.90 Å². The molecule has 2 fully saturated rings. The van der Waals surface area contributed by atoms with Gasteiger partial charge in [-0.2, -0.15) is 0 Å². The van der Waals surface area contributed by atoms with Gasteiger partial charge in [0.05, 0.1) is 6.10 Å². The molecule has 0 spiro atoms.